The largest absolute Gasteiger partial charge is 0.314 e. The monoisotopic (exact) mass is 444 g/mol. The molecule has 2 rings (SSSR count). The van der Waals surface area contributed by atoms with Crippen LogP contribution in [-0.2, 0) is 4.79 Å². The van der Waals surface area contributed by atoms with Gasteiger partial charge in [0.1, 0.15) is 0 Å². The zero-order valence-corrected chi connectivity index (χ0v) is 16.8. The van der Waals surface area contributed by atoms with E-state index in [9.17, 15) is 4.79 Å². The predicted molar refractivity (Wildman–Crippen MR) is 113 cm³/mol. The lowest BCUT2D eigenvalue weighted by Gasteiger charge is -2.11. The zero-order valence-electron chi connectivity index (χ0n) is 14.7. The van der Waals surface area contributed by atoms with E-state index in [1.54, 1.807) is 0 Å². The number of carbonyl (C=O) groups excluding carboxylic acids is 1. The van der Waals surface area contributed by atoms with Crippen LogP contribution in [-0.4, -0.2) is 10.9 Å². The molecule has 0 aliphatic carbocycles. The number of aromatic nitrogens is 1. The number of halogens is 1. The molecule has 4 heteroatoms. The Labute approximate surface area is 163 Å². The first-order valence-electron chi connectivity index (χ1n) is 8.17. The van der Waals surface area contributed by atoms with Crippen LogP contribution in [0.2, 0.25) is 0 Å². The second-order valence-corrected chi connectivity index (χ2v) is 6.99. The molecule has 0 saturated heterocycles. The van der Waals surface area contributed by atoms with E-state index in [-0.39, 0.29) is 0 Å². The predicted octanol–water partition coefficient (Wildman–Crippen LogP) is 5.44. The molecular weight excluding hydrogens is 423 g/mol. The second-order valence-electron chi connectivity index (χ2n) is 5.83. The zero-order chi connectivity index (χ0) is 18.4. The SMILES string of the molecule is C#CC(=O)Nc1cc(-c2cnc(C)c(/C(C)=C\CCC)c2)ccc1I. The Morgan fingerprint density at radius 1 is 1.36 bits per heavy atom. The highest BCUT2D eigenvalue weighted by Crippen LogP contribution is 2.29. The Morgan fingerprint density at radius 3 is 2.80 bits per heavy atom. The van der Waals surface area contributed by atoms with Crippen molar-refractivity contribution in [3.05, 3.63) is 51.4 Å². The molecule has 1 N–H and O–H groups in total. The van der Waals surface area contributed by atoms with E-state index in [0.717, 1.165) is 38.8 Å². The van der Waals surface area contributed by atoms with Crippen molar-refractivity contribution in [3.8, 4) is 23.5 Å². The van der Waals surface area contributed by atoms with Crippen molar-refractivity contribution in [2.24, 2.45) is 0 Å². The third-order valence-corrected chi connectivity index (χ3v) is 4.87. The number of pyridine rings is 1. The van der Waals surface area contributed by atoms with E-state index < -0.39 is 5.91 Å². The molecule has 0 atom stereocenters. The number of terminal acetylenes is 1. The van der Waals surface area contributed by atoms with Gasteiger partial charge in [-0.2, -0.15) is 0 Å². The van der Waals surface area contributed by atoms with Crippen molar-refractivity contribution in [1.82, 2.24) is 4.98 Å². The molecule has 1 aromatic heterocycles. The van der Waals surface area contributed by atoms with Crippen molar-refractivity contribution in [2.45, 2.75) is 33.6 Å². The number of rotatable bonds is 5. The summed E-state index contributed by atoms with van der Waals surface area (Å²) in [6, 6.07) is 8.06. The summed E-state index contributed by atoms with van der Waals surface area (Å²) in [6.45, 7) is 6.31. The minimum absolute atomic E-state index is 0.448. The number of unbranched alkanes of at least 4 members (excludes halogenated alkanes) is 1. The van der Waals surface area contributed by atoms with Crippen molar-refractivity contribution >= 4 is 39.8 Å². The Kier molecular flexibility index (Phi) is 6.77. The van der Waals surface area contributed by atoms with Crippen molar-refractivity contribution in [3.63, 3.8) is 0 Å². The van der Waals surface area contributed by atoms with Crippen LogP contribution >= 0.6 is 22.6 Å². The average Bonchev–Trinajstić information content (AvgIpc) is 2.61. The maximum Gasteiger partial charge on any atom is 0.300 e. The summed E-state index contributed by atoms with van der Waals surface area (Å²) in [6.07, 6.45) is 11.4. The van der Waals surface area contributed by atoms with Crippen molar-refractivity contribution < 1.29 is 4.79 Å². The molecule has 0 aliphatic rings. The second kappa shape index (κ2) is 8.82. The smallest absolute Gasteiger partial charge is 0.300 e. The summed E-state index contributed by atoms with van der Waals surface area (Å²) < 4.78 is 0.935. The van der Waals surface area contributed by atoms with Crippen LogP contribution in [0.4, 0.5) is 5.69 Å². The van der Waals surface area contributed by atoms with Gasteiger partial charge in [-0.3, -0.25) is 9.78 Å². The van der Waals surface area contributed by atoms with Crippen molar-refractivity contribution in [2.75, 3.05) is 5.32 Å². The normalized spacial score (nSPS) is 11.1. The molecule has 128 valence electrons. The maximum atomic E-state index is 11.5. The van der Waals surface area contributed by atoms with Gasteiger partial charge < -0.3 is 5.32 Å². The molecule has 2 aromatic rings. The van der Waals surface area contributed by atoms with Gasteiger partial charge in [-0.15, -0.1) is 6.42 Å². The fourth-order valence-corrected chi connectivity index (χ4v) is 2.99. The molecule has 3 nitrogen and oxygen atoms in total. The van der Waals surface area contributed by atoms with E-state index in [0.29, 0.717) is 5.69 Å². The minimum atomic E-state index is -0.448. The van der Waals surface area contributed by atoms with E-state index in [2.05, 4.69) is 64.8 Å². The van der Waals surface area contributed by atoms with Gasteiger partial charge in [-0.1, -0.05) is 25.5 Å². The van der Waals surface area contributed by atoms with Gasteiger partial charge in [0.2, 0.25) is 0 Å². The Hall–Kier alpha value is -2.13. The number of aryl methyl sites for hydroxylation is 1. The summed E-state index contributed by atoms with van der Waals surface area (Å²) in [7, 11) is 0. The molecule has 0 unspecified atom stereocenters. The van der Waals surface area contributed by atoms with Crippen LogP contribution in [0, 0.1) is 22.8 Å². The van der Waals surface area contributed by atoms with Crippen molar-refractivity contribution in [1.29, 1.82) is 0 Å². The molecule has 1 heterocycles. The first-order chi connectivity index (χ1) is 12.0. The van der Waals surface area contributed by atoms with Crippen LogP contribution in [0.3, 0.4) is 0 Å². The number of amides is 1. The summed E-state index contributed by atoms with van der Waals surface area (Å²) in [5.74, 6) is 1.63. The highest BCUT2D eigenvalue weighted by Gasteiger charge is 2.09. The molecule has 1 aromatic carbocycles. The number of benzene rings is 1. The van der Waals surface area contributed by atoms with E-state index in [4.69, 9.17) is 6.42 Å². The molecule has 0 fully saturated rings. The summed E-state index contributed by atoms with van der Waals surface area (Å²) in [5.41, 5.74) is 6.11. The lowest BCUT2D eigenvalue weighted by molar-refractivity contribution is -0.111. The van der Waals surface area contributed by atoms with Gasteiger partial charge in [0.25, 0.3) is 5.91 Å². The molecular formula is C21H21IN2O. The quantitative estimate of drug-likeness (QED) is 0.493. The van der Waals surface area contributed by atoms with E-state index in [1.807, 2.05) is 31.3 Å². The first kappa shape index (κ1) is 19.2. The number of hydrogen-bond acceptors (Lipinski definition) is 2. The van der Waals surface area contributed by atoms with Crippen LogP contribution in [0.5, 0.6) is 0 Å². The molecule has 0 aliphatic heterocycles. The topological polar surface area (TPSA) is 42.0 Å². The van der Waals surface area contributed by atoms with Gasteiger partial charge in [-0.05, 0) is 83.7 Å². The van der Waals surface area contributed by atoms with Gasteiger partial charge >= 0.3 is 0 Å². The van der Waals surface area contributed by atoms with Gasteiger partial charge in [0.05, 0.1) is 5.69 Å². The Morgan fingerprint density at radius 2 is 2.12 bits per heavy atom. The first-order valence-corrected chi connectivity index (χ1v) is 9.25. The Balaban J connectivity index is 2.44. The van der Waals surface area contributed by atoms with Crippen LogP contribution in [0.25, 0.3) is 16.7 Å². The minimum Gasteiger partial charge on any atom is -0.314 e. The number of allylic oxidation sites excluding steroid dienone is 2. The fraction of sp³-hybridized carbons (Fsp3) is 0.238. The third kappa shape index (κ3) is 4.93. The van der Waals surface area contributed by atoms with Gasteiger partial charge in [0, 0.05) is 21.0 Å². The lowest BCUT2D eigenvalue weighted by atomic mass is 9.99. The number of nitrogens with one attached hydrogen (secondary N) is 1. The molecule has 0 radical (unpaired) electrons. The Bertz CT molecular complexity index is 863. The summed E-state index contributed by atoms with van der Waals surface area (Å²) in [5, 5.41) is 2.73. The molecule has 0 saturated carbocycles. The van der Waals surface area contributed by atoms with Crippen LogP contribution in [0.15, 0.2) is 36.5 Å². The number of anilines is 1. The number of nitrogens with zero attached hydrogens (tertiary/aromatic N) is 1. The third-order valence-electron chi connectivity index (χ3n) is 3.93. The van der Waals surface area contributed by atoms with Gasteiger partial charge in [0.15, 0.2) is 0 Å². The number of carbonyl (C=O) groups is 1. The van der Waals surface area contributed by atoms with E-state index >= 15 is 0 Å². The van der Waals surface area contributed by atoms with E-state index in [1.165, 1.54) is 5.57 Å². The average molecular weight is 444 g/mol. The highest BCUT2D eigenvalue weighted by molar-refractivity contribution is 14.1. The standard InChI is InChI=1S/C21H21IN2O/c1-5-7-8-14(3)18-11-17(13-23-15(18)4)16-9-10-19(22)20(12-16)24-21(25)6-2/h2,8-13H,5,7H2,1,3-4H3,(H,24,25)/b14-8-. The fourth-order valence-electron chi connectivity index (χ4n) is 2.52. The molecule has 0 bridgehead atoms. The van der Waals surface area contributed by atoms with Crippen LogP contribution in [0.1, 0.15) is 37.9 Å². The molecule has 0 spiro atoms. The highest BCUT2D eigenvalue weighted by atomic mass is 127. The van der Waals surface area contributed by atoms with Gasteiger partial charge in [-0.25, -0.2) is 0 Å². The maximum absolute atomic E-state index is 11.5. The summed E-state index contributed by atoms with van der Waals surface area (Å²) >= 11 is 2.18. The summed E-state index contributed by atoms with van der Waals surface area (Å²) in [4.78, 5) is 16.1. The molecule has 1 amide bonds. The lowest BCUT2D eigenvalue weighted by Crippen LogP contribution is -2.09. The molecule has 25 heavy (non-hydrogen) atoms. The van der Waals surface area contributed by atoms with Crippen LogP contribution < -0.4 is 5.32 Å². The number of hydrogen-bond donors (Lipinski definition) is 1.